The molecular formula is C23H28N3O2S+. The molecule has 1 N–H and O–H groups in total. The number of aromatic nitrogens is 1. The number of carbonyl (C=O) groups is 1. The minimum Gasteiger partial charge on any atom is -0.370 e. The Morgan fingerprint density at radius 1 is 1.10 bits per heavy atom. The Kier molecular flexibility index (Phi) is 5.94. The van der Waals surface area contributed by atoms with Crippen LogP contribution in [-0.4, -0.2) is 50.3 Å². The number of nitrogens with one attached hydrogen (secondary N) is 1. The van der Waals surface area contributed by atoms with E-state index >= 15 is 0 Å². The molecule has 1 aliphatic heterocycles. The first-order valence-corrected chi connectivity index (χ1v) is 11.0. The number of morpholine rings is 1. The highest BCUT2D eigenvalue weighted by molar-refractivity contribution is 7.22. The van der Waals surface area contributed by atoms with Crippen molar-refractivity contribution >= 4 is 32.6 Å². The van der Waals surface area contributed by atoms with Crippen LogP contribution in [0, 0.1) is 20.8 Å². The first-order chi connectivity index (χ1) is 14.0. The number of rotatable bonds is 5. The fraction of sp³-hybridized carbons (Fsp3) is 0.391. The Morgan fingerprint density at radius 2 is 1.90 bits per heavy atom. The van der Waals surface area contributed by atoms with Crippen LogP contribution in [0.3, 0.4) is 0 Å². The van der Waals surface area contributed by atoms with Gasteiger partial charge in [-0.3, -0.25) is 9.69 Å². The largest absolute Gasteiger partial charge is 0.370 e. The van der Waals surface area contributed by atoms with Crippen LogP contribution in [0.5, 0.6) is 0 Å². The predicted octanol–water partition coefficient (Wildman–Crippen LogP) is 2.78. The SMILES string of the molecule is Cc1ccc2nc(N(CC[NH+]3CCOCC3)C(=O)c3ccc(C)c(C)c3)sc2c1. The smallest absolute Gasteiger partial charge is 0.260 e. The van der Waals surface area contributed by atoms with Crippen molar-refractivity contribution in [1.82, 2.24) is 4.98 Å². The number of benzene rings is 2. The summed E-state index contributed by atoms with van der Waals surface area (Å²) in [5.74, 6) is 0.0246. The zero-order valence-corrected chi connectivity index (χ0v) is 18.1. The highest BCUT2D eigenvalue weighted by atomic mass is 32.1. The lowest BCUT2D eigenvalue weighted by atomic mass is 10.1. The summed E-state index contributed by atoms with van der Waals surface area (Å²) in [7, 11) is 0. The quantitative estimate of drug-likeness (QED) is 0.704. The third-order valence-electron chi connectivity index (χ3n) is 5.65. The topological polar surface area (TPSA) is 46.9 Å². The van der Waals surface area contributed by atoms with Gasteiger partial charge < -0.3 is 9.64 Å². The molecule has 3 aromatic rings. The number of ether oxygens (including phenoxy) is 1. The molecule has 29 heavy (non-hydrogen) atoms. The van der Waals surface area contributed by atoms with Crippen LogP contribution < -0.4 is 9.80 Å². The fourth-order valence-electron chi connectivity index (χ4n) is 3.63. The van der Waals surface area contributed by atoms with Gasteiger partial charge in [0.1, 0.15) is 13.1 Å². The maximum atomic E-state index is 13.5. The third kappa shape index (κ3) is 4.50. The molecule has 2 heterocycles. The zero-order chi connectivity index (χ0) is 20.4. The number of thiazole rings is 1. The van der Waals surface area contributed by atoms with E-state index in [1.54, 1.807) is 11.3 Å². The maximum absolute atomic E-state index is 13.5. The molecule has 2 aromatic carbocycles. The van der Waals surface area contributed by atoms with Crippen molar-refractivity contribution in [3.63, 3.8) is 0 Å². The van der Waals surface area contributed by atoms with E-state index in [1.807, 2.05) is 29.2 Å². The van der Waals surface area contributed by atoms with Gasteiger partial charge in [0, 0.05) is 5.56 Å². The van der Waals surface area contributed by atoms with Crippen molar-refractivity contribution in [3.05, 3.63) is 58.7 Å². The molecule has 4 rings (SSSR count). The Bertz CT molecular complexity index is 1020. The summed E-state index contributed by atoms with van der Waals surface area (Å²) in [6, 6.07) is 12.2. The van der Waals surface area contributed by atoms with Crippen LogP contribution in [-0.2, 0) is 4.74 Å². The van der Waals surface area contributed by atoms with Crippen molar-refractivity contribution in [2.75, 3.05) is 44.3 Å². The first-order valence-electron chi connectivity index (χ1n) is 10.2. The molecule has 0 unspecified atom stereocenters. The van der Waals surface area contributed by atoms with E-state index in [2.05, 4.69) is 32.9 Å². The van der Waals surface area contributed by atoms with Gasteiger partial charge in [-0.25, -0.2) is 4.98 Å². The number of amides is 1. The number of anilines is 1. The Labute approximate surface area is 175 Å². The number of hydrogen-bond acceptors (Lipinski definition) is 4. The highest BCUT2D eigenvalue weighted by Gasteiger charge is 2.24. The molecule has 0 radical (unpaired) electrons. The van der Waals surface area contributed by atoms with Crippen LogP contribution in [0.15, 0.2) is 36.4 Å². The van der Waals surface area contributed by atoms with Crippen LogP contribution in [0.1, 0.15) is 27.0 Å². The van der Waals surface area contributed by atoms with E-state index in [-0.39, 0.29) is 5.91 Å². The molecule has 0 saturated carbocycles. The number of hydrogen-bond donors (Lipinski definition) is 1. The molecule has 0 aliphatic carbocycles. The van der Waals surface area contributed by atoms with Crippen LogP contribution >= 0.6 is 11.3 Å². The normalized spacial score (nSPS) is 15.0. The zero-order valence-electron chi connectivity index (χ0n) is 17.3. The lowest BCUT2D eigenvalue weighted by molar-refractivity contribution is -0.906. The molecule has 1 aromatic heterocycles. The molecule has 5 nitrogen and oxygen atoms in total. The van der Waals surface area contributed by atoms with Gasteiger partial charge in [0.15, 0.2) is 5.13 Å². The lowest BCUT2D eigenvalue weighted by Crippen LogP contribution is -3.14. The molecule has 1 amide bonds. The minimum absolute atomic E-state index is 0.0246. The van der Waals surface area contributed by atoms with Gasteiger partial charge in [-0.1, -0.05) is 23.5 Å². The summed E-state index contributed by atoms with van der Waals surface area (Å²) >= 11 is 1.60. The maximum Gasteiger partial charge on any atom is 0.260 e. The van der Waals surface area contributed by atoms with Gasteiger partial charge in [-0.05, 0) is 61.7 Å². The van der Waals surface area contributed by atoms with Crippen molar-refractivity contribution in [2.24, 2.45) is 0 Å². The Hall–Kier alpha value is -2.28. The van der Waals surface area contributed by atoms with Gasteiger partial charge in [0.05, 0.1) is 36.5 Å². The number of carbonyl (C=O) groups excluding carboxylic acids is 1. The van der Waals surface area contributed by atoms with E-state index in [1.165, 1.54) is 16.0 Å². The Balaban J connectivity index is 1.64. The molecule has 0 atom stereocenters. The average molecular weight is 411 g/mol. The monoisotopic (exact) mass is 410 g/mol. The molecule has 1 saturated heterocycles. The van der Waals surface area contributed by atoms with Crippen molar-refractivity contribution in [1.29, 1.82) is 0 Å². The highest BCUT2D eigenvalue weighted by Crippen LogP contribution is 2.30. The number of fused-ring (bicyclic) bond motifs is 1. The van der Waals surface area contributed by atoms with Crippen molar-refractivity contribution < 1.29 is 14.4 Å². The summed E-state index contributed by atoms with van der Waals surface area (Å²) in [5.41, 5.74) is 5.21. The van der Waals surface area contributed by atoms with E-state index in [0.29, 0.717) is 6.54 Å². The van der Waals surface area contributed by atoms with Gasteiger partial charge in [0.25, 0.3) is 5.91 Å². The molecule has 6 heteroatoms. The molecule has 0 bridgehead atoms. The summed E-state index contributed by atoms with van der Waals surface area (Å²) in [6.07, 6.45) is 0. The Morgan fingerprint density at radius 3 is 2.66 bits per heavy atom. The van der Waals surface area contributed by atoms with Gasteiger partial charge in [0.2, 0.25) is 0 Å². The second kappa shape index (κ2) is 8.61. The van der Waals surface area contributed by atoms with E-state index in [9.17, 15) is 4.79 Å². The van der Waals surface area contributed by atoms with Gasteiger partial charge in [-0.15, -0.1) is 0 Å². The third-order valence-corrected chi connectivity index (χ3v) is 6.69. The number of nitrogens with zero attached hydrogens (tertiary/aromatic N) is 2. The van der Waals surface area contributed by atoms with Crippen LogP contribution in [0.4, 0.5) is 5.13 Å². The van der Waals surface area contributed by atoms with Crippen molar-refractivity contribution in [2.45, 2.75) is 20.8 Å². The number of aryl methyl sites for hydroxylation is 3. The summed E-state index contributed by atoms with van der Waals surface area (Å²) < 4.78 is 6.59. The average Bonchev–Trinajstić information content (AvgIpc) is 3.13. The summed E-state index contributed by atoms with van der Waals surface area (Å²) in [6.45, 7) is 11.3. The molecular weight excluding hydrogens is 382 g/mol. The molecule has 1 aliphatic rings. The standard InChI is InChI=1S/C23H27N3O2S/c1-16-4-7-20-21(14-16)29-23(24-20)26(9-8-25-10-12-28-13-11-25)22(27)19-6-5-17(2)18(3)15-19/h4-7,14-15H,8-13H2,1-3H3/p+1. The summed E-state index contributed by atoms with van der Waals surface area (Å²) in [4.78, 5) is 21.6. The second-order valence-electron chi connectivity index (χ2n) is 7.84. The van der Waals surface area contributed by atoms with Gasteiger partial charge >= 0.3 is 0 Å². The van der Waals surface area contributed by atoms with E-state index in [4.69, 9.17) is 9.72 Å². The van der Waals surface area contributed by atoms with Gasteiger partial charge in [-0.2, -0.15) is 0 Å². The molecule has 1 fully saturated rings. The lowest BCUT2D eigenvalue weighted by Gasteiger charge is -2.27. The second-order valence-corrected chi connectivity index (χ2v) is 8.84. The molecule has 0 spiro atoms. The van der Waals surface area contributed by atoms with Crippen molar-refractivity contribution in [3.8, 4) is 0 Å². The van der Waals surface area contributed by atoms with Crippen LogP contribution in [0.2, 0.25) is 0 Å². The van der Waals surface area contributed by atoms with Crippen LogP contribution in [0.25, 0.3) is 10.2 Å². The fourth-order valence-corrected chi connectivity index (χ4v) is 4.72. The summed E-state index contributed by atoms with van der Waals surface area (Å²) in [5, 5.41) is 0.779. The van der Waals surface area contributed by atoms with E-state index in [0.717, 1.165) is 59.3 Å². The minimum atomic E-state index is 0.0246. The molecule has 152 valence electrons. The number of quaternary nitrogens is 1. The first kappa shape index (κ1) is 20.0. The predicted molar refractivity (Wildman–Crippen MR) is 118 cm³/mol. The van der Waals surface area contributed by atoms with E-state index < -0.39 is 0 Å².